The number of likely N-dealkylation sites (N-methyl/N-ethyl adjacent to an activating group) is 2. The predicted octanol–water partition coefficient (Wildman–Crippen LogP) is -0.683. The SMILES string of the molecule is CN1CCN(C)[C@H](C(=O)O)C1. The van der Waals surface area contributed by atoms with Crippen molar-refractivity contribution in [3.8, 4) is 0 Å². The molecule has 4 nitrogen and oxygen atoms in total. The molecule has 0 aliphatic carbocycles. The van der Waals surface area contributed by atoms with Crippen LogP contribution in [0.15, 0.2) is 0 Å². The molecule has 0 aromatic carbocycles. The van der Waals surface area contributed by atoms with Gasteiger partial charge in [0.05, 0.1) is 0 Å². The lowest BCUT2D eigenvalue weighted by Crippen LogP contribution is -2.53. The van der Waals surface area contributed by atoms with Gasteiger partial charge in [0.15, 0.2) is 0 Å². The number of piperazine rings is 1. The Balaban J connectivity index is 2.54. The summed E-state index contributed by atoms with van der Waals surface area (Å²) in [4.78, 5) is 14.6. The Morgan fingerprint density at radius 2 is 2.09 bits per heavy atom. The summed E-state index contributed by atoms with van der Waals surface area (Å²) < 4.78 is 0. The third-order valence-electron chi connectivity index (χ3n) is 2.14. The molecule has 0 unspecified atom stereocenters. The van der Waals surface area contributed by atoms with E-state index in [0.717, 1.165) is 13.1 Å². The Bertz CT molecular complexity index is 161. The van der Waals surface area contributed by atoms with Crippen molar-refractivity contribution >= 4 is 5.97 Å². The molecule has 1 fully saturated rings. The van der Waals surface area contributed by atoms with Crippen LogP contribution < -0.4 is 0 Å². The predicted molar refractivity (Wildman–Crippen MR) is 41.6 cm³/mol. The number of hydrogen-bond donors (Lipinski definition) is 1. The molecule has 1 N–H and O–H groups in total. The zero-order chi connectivity index (χ0) is 8.43. The number of carboxylic acid groups (broad SMARTS) is 1. The van der Waals surface area contributed by atoms with Crippen molar-refractivity contribution in [3.05, 3.63) is 0 Å². The minimum absolute atomic E-state index is 0.325. The van der Waals surface area contributed by atoms with Crippen LogP contribution in [0.4, 0.5) is 0 Å². The van der Waals surface area contributed by atoms with Gasteiger partial charge in [0, 0.05) is 19.6 Å². The largest absolute Gasteiger partial charge is 0.480 e. The van der Waals surface area contributed by atoms with Crippen LogP contribution in [0.5, 0.6) is 0 Å². The summed E-state index contributed by atoms with van der Waals surface area (Å²) >= 11 is 0. The number of nitrogens with zero attached hydrogens (tertiary/aromatic N) is 2. The minimum atomic E-state index is -0.723. The summed E-state index contributed by atoms with van der Waals surface area (Å²) in [5.74, 6) is -0.723. The van der Waals surface area contributed by atoms with Crippen LogP contribution in [-0.4, -0.2) is 60.6 Å². The zero-order valence-electron chi connectivity index (χ0n) is 6.95. The van der Waals surface area contributed by atoms with Crippen LogP contribution in [0.1, 0.15) is 0 Å². The minimum Gasteiger partial charge on any atom is -0.480 e. The van der Waals surface area contributed by atoms with E-state index in [1.54, 1.807) is 0 Å². The Morgan fingerprint density at radius 3 is 2.55 bits per heavy atom. The van der Waals surface area contributed by atoms with Gasteiger partial charge in [-0.15, -0.1) is 0 Å². The van der Waals surface area contributed by atoms with Gasteiger partial charge < -0.3 is 10.0 Å². The van der Waals surface area contributed by atoms with Gasteiger partial charge in [-0.2, -0.15) is 0 Å². The van der Waals surface area contributed by atoms with Crippen LogP contribution in [0.25, 0.3) is 0 Å². The second-order valence-electron chi connectivity index (χ2n) is 3.10. The fourth-order valence-corrected chi connectivity index (χ4v) is 1.28. The number of carbonyl (C=O) groups is 1. The van der Waals surface area contributed by atoms with Crippen molar-refractivity contribution in [2.45, 2.75) is 6.04 Å². The van der Waals surface area contributed by atoms with E-state index in [4.69, 9.17) is 5.11 Å². The maximum atomic E-state index is 10.6. The third-order valence-corrected chi connectivity index (χ3v) is 2.14. The van der Waals surface area contributed by atoms with Crippen LogP contribution in [0.2, 0.25) is 0 Å². The van der Waals surface area contributed by atoms with Gasteiger partial charge >= 0.3 is 5.97 Å². The lowest BCUT2D eigenvalue weighted by atomic mass is 10.2. The summed E-state index contributed by atoms with van der Waals surface area (Å²) in [7, 11) is 3.80. The molecule has 1 heterocycles. The smallest absolute Gasteiger partial charge is 0.322 e. The molecule has 1 rings (SSSR count). The molecular weight excluding hydrogens is 144 g/mol. The standard InChI is InChI=1S/C7H14N2O2/c1-8-3-4-9(2)6(5-8)7(10)11/h6H,3-5H2,1-2H3,(H,10,11)/t6-/m0/s1. The average molecular weight is 158 g/mol. The van der Waals surface area contributed by atoms with E-state index in [9.17, 15) is 4.79 Å². The molecule has 0 aromatic heterocycles. The van der Waals surface area contributed by atoms with Crippen molar-refractivity contribution in [1.82, 2.24) is 9.80 Å². The number of rotatable bonds is 1. The van der Waals surface area contributed by atoms with Crippen molar-refractivity contribution in [2.75, 3.05) is 33.7 Å². The topological polar surface area (TPSA) is 43.8 Å². The Morgan fingerprint density at radius 1 is 1.45 bits per heavy atom. The van der Waals surface area contributed by atoms with Gasteiger partial charge in [-0.05, 0) is 14.1 Å². The lowest BCUT2D eigenvalue weighted by Gasteiger charge is -2.34. The number of carboxylic acids is 1. The normalized spacial score (nSPS) is 28.7. The summed E-state index contributed by atoms with van der Waals surface area (Å²) in [6.45, 7) is 2.43. The highest BCUT2D eigenvalue weighted by atomic mass is 16.4. The first-order chi connectivity index (χ1) is 5.11. The Kier molecular flexibility index (Phi) is 2.46. The van der Waals surface area contributed by atoms with Crippen molar-refractivity contribution in [2.24, 2.45) is 0 Å². The van der Waals surface area contributed by atoms with Gasteiger partial charge in [0.2, 0.25) is 0 Å². The number of hydrogen-bond acceptors (Lipinski definition) is 3. The summed E-state index contributed by atoms with van der Waals surface area (Å²) in [5, 5.41) is 8.76. The molecule has 0 saturated carbocycles. The summed E-state index contributed by atoms with van der Waals surface area (Å²) in [6, 6.07) is -0.325. The quantitative estimate of drug-likeness (QED) is 0.549. The van der Waals surface area contributed by atoms with Gasteiger partial charge in [-0.25, -0.2) is 0 Å². The van der Waals surface area contributed by atoms with Gasteiger partial charge in [-0.1, -0.05) is 0 Å². The first-order valence-corrected chi connectivity index (χ1v) is 3.73. The van der Waals surface area contributed by atoms with E-state index >= 15 is 0 Å². The van der Waals surface area contributed by atoms with Crippen LogP contribution >= 0.6 is 0 Å². The van der Waals surface area contributed by atoms with E-state index in [0.29, 0.717) is 6.54 Å². The molecule has 0 bridgehead atoms. The van der Waals surface area contributed by atoms with E-state index in [2.05, 4.69) is 0 Å². The molecule has 1 aliphatic heterocycles. The lowest BCUT2D eigenvalue weighted by molar-refractivity contribution is -0.144. The molecule has 0 radical (unpaired) electrons. The molecule has 11 heavy (non-hydrogen) atoms. The van der Waals surface area contributed by atoms with Crippen molar-refractivity contribution in [1.29, 1.82) is 0 Å². The van der Waals surface area contributed by atoms with Crippen LogP contribution in [-0.2, 0) is 4.79 Å². The number of aliphatic carboxylic acids is 1. The fraction of sp³-hybridized carbons (Fsp3) is 0.857. The maximum absolute atomic E-state index is 10.6. The van der Waals surface area contributed by atoms with Crippen molar-refractivity contribution < 1.29 is 9.90 Å². The highest BCUT2D eigenvalue weighted by molar-refractivity contribution is 5.73. The van der Waals surface area contributed by atoms with Crippen LogP contribution in [0.3, 0.4) is 0 Å². The van der Waals surface area contributed by atoms with Crippen LogP contribution in [0, 0.1) is 0 Å². The molecule has 1 atom stereocenters. The van der Waals surface area contributed by atoms with E-state index in [1.165, 1.54) is 0 Å². The second-order valence-corrected chi connectivity index (χ2v) is 3.10. The zero-order valence-corrected chi connectivity index (χ0v) is 6.95. The molecule has 0 aromatic rings. The maximum Gasteiger partial charge on any atom is 0.322 e. The fourth-order valence-electron chi connectivity index (χ4n) is 1.28. The first-order valence-electron chi connectivity index (χ1n) is 3.73. The van der Waals surface area contributed by atoms with Gasteiger partial charge in [-0.3, -0.25) is 9.69 Å². The van der Waals surface area contributed by atoms with E-state index in [1.807, 2.05) is 23.9 Å². The molecular formula is C7H14N2O2. The Hall–Kier alpha value is -0.610. The summed E-state index contributed by atoms with van der Waals surface area (Å²) in [6.07, 6.45) is 0. The van der Waals surface area contributed by atoms with E-state index < -0.39 is 5.97 Å². The molecule has 0 amide bonds. The third kappa shape index (κ3) is 1.91. The Labute approximate surface area is 66.4 Å². The highest BCUT2D eigenvalue weighted by Crippen LogP contribution is 2.05. The van der Waals surface area contributed by atoms with E-state index in [-0.39, 0.29) is 6.04 Å². The highest BCUT2D eigenvalue weighted by Gasteiger charge is 2.27. The molecule has 0 spiro atoms. The molecule has 64 valence electrons. The van der Waals surface area contributed by atoms with Gasteiger partial charge in [0.25, 0.3) is 0 Å². The molecule has 1 saturated heterocycles. The molecule has 4 heteroatoms. The molecule has 1 aliphatic rings. The monoisotopic (exact) mass is 158 g/mol. The van der Waals surface area contributed by atoms with Crippen molar-refractivity contribution in [3.63, 3.8) is 0 Å². The van der Waals surface area contributed by atoms with Gasteiger partial charge in [0.1, 0.15) is 6.04 Å². The average Bonchev–Trinajstić information content (AvgIpc) is 1.94. The summed E-state index contributed by atoms with van der Waals surface area (Å²) in [5.41, 5.74) is 0. The first kappa shape index (κ1) is 8.49. The second kappa shape index (κ2) is 3.19.